The van der Waals surface area contributed by atoms with E-state index >= 15 is 4.79 Å². The SMILES string of the molecule is COC(=O)C12CN(Cc3ccccc3)CC(C(=O)OC)(C1=O)C(c1ccccn1)N(Cc1ccccc1)C2c1ccccn1.[Cl-].[Cl-].[Mn+2]. The van der Waals surface area contributed by atoms with Gasteiger partial charge in [-0.05, 0) is 35.4 Å². The number of nitrogens with zero attached hydrogens (tertiary/aromatic N) is 4. The third kappa shape index (κ3) is 6.59. The smallest absolute Gasteiger partial charge is 1.00 e. The summed E-state index contributed by atoms with van der Waals surface area (Å²) in [6.45, 7) is 0.738. The van der Waals surface area contributed by atoms with E-state index in [1.807, 2.05) is 94.7 Å². The van der Waals surface area contributed by atoms with Crippen LogP contribution in [0.4, 0.5) is 0 Å². The number of ketones is 1. The second kappa shape index (κ2) is 16.0. The Morgan fingerprint density at radius 2 is 1.09 bits per heavy atom. The Balaban J connectivity index is 0.00000200. The van der Waals surface area contributed by atoms with Gasteiger partial charge in [0.25, 0.3) is 0 Å². The number of rotatable bonds is 8. The number of fused-ring (bicyclic) bond motifs is 2. The van der Waals surface area contributed by atoms with Gasteiger partial charge in [0.15, 0.2) is 16.6 Å². The van der Waals surface area contributed by atoms with E-state index in [1.165, 1.54) is 14.2 Å². The van der Waals surface area contributed by atoms with Crippen molar-refractivity contribution in [3.05, 3.63) is 132 Å². The van der Waals surface area contributed by atoms with Crippen molar-refractivity contribution in [3.63, 3.8) is 0 Å². The maximum atomic E-state index is 15.3. The zero-order valence-electron chi connectivity index (χ0n) is 25.8. The van der Waals surface area contributed by atoms with Crippen molar-refractivity contribution in [2.45, 2.75) is 25.2 Å². The summed E-state index contributed by atoms with van der Waals surface area (Å²) in [5, 5.41) is 0. The molecule has 0 saturated carbocycles. The molecule has 2 aliphatic rings. The predicted octanol–water partition coefficient (Wildman–Crippen LogP) is -1.82. The zero-order valence-corrected chi connectivity index (χ0v) is 28.5. The third-order valence-electron chi connectivity index (χ3n) is 8.85. The summed E-state index contributed by atoms with van der Waals surface area (Å²) in [7, 11) is 2.56. The van der Waals surface area contributed by atoms with E-state index in [0.29, 0.717) is 24.5 Å². The Labute approximate surface area is 297 Å². The number of hydrogen-bond acceptors (Lipinski definition) is 9. The molecule has 2 aromatic carbocycles. The summed E-state index contributed by atoms with van der Waals surface area (Å²) in [6, 6.07) is 28.6. The van der Waals surface area contributed by atoms with Crippen LogP contribution < -0.4 is 24.8 Å². The Morgan fingerprint density at radius 1 is 0.681 bits per heavy atom. The second-order valence-corrected chi connectivity index (χ2v) is 11.4. The average molecular weight is 717 g/mol. The quantitative estimate of drug-likeness (QED) is 0.119. The fourth-order valence-corrected chi connectivity index (χ4v) is 7.19. The largest absolute Gasteiger partial charge is 2.00 e. The average Bonchev–Trinajstić information content (AvgIpc) is 3.07. The molecular weight excluding hydrogens is 682 g/mol. The fraction of sp³-hybridized carbons (Fsp3) is 0.286. The summed E-state index contributed by atoms with van der Waals surface area (Å²) < 4.78 is 11.0. The van der Waals surface area contributed by atoms with Crippen LogP contribution in [-0.2, 0) is 54.0 Å². The van der Waals surface area contributed by atoms with Gasteiger partial charge in [0.1, 0.15) is 0 Å². The number of hydrogen-bond donors (Lipinski definition) is 0. The van der Waals surface area contributed by atoms with Crippen molar-refractivity contribution in [3.8, 4) is 0 Å². The molecule has 9 nitrogen and oxygen atoms in total. The molecule has 1 radical (unpaired) electrons. The van der Waals surface area contributed by atoms with Gasteiger partial charge >= 0.3 is 29.0 Å². The van der Waals surface area contributed by atoms with Gasteiger partial charge in [-0.2, -0.15) is 0 Å². The van der Waals surface area contributed by atoms with Crippen LogP contribution in [0.15, 0.2) is 109 Å². The summed E-state index contributed by atoms with van der Waals surface area (Å²) in [6.07, 6.45) is 3.29. The maximum absolute atomic E-state index is 15.3. The Morgan fingerprint density at radius 3 is 1.47 bits per heavy atom. The van der Waals surface area contributed by atoms with Crippen LogP contribution in [0.5, 0.6) is 0 Å². The van der Waals surface area contributed by atoms with E-state index in [2.05, 4.69) is 0 Å². The molecule has 0 N–H and O–H groups in total. The second-order valence-electron chi connectivity index (χ2n) is 11.4. The van der Waals surface area contributed by atoms with Crippen molar-refractivity contribution in [2.24, 2.45) is 10.8 Å². The number of aromatic nitrogens is 2. The van der Waals surface area contributed by atoms with Crippen molar-refractivity contribution in [1.82, 2.24) is 19.8 Å². The Kier molecular flexibility index (Phi) is 12.9. The summed E-state index contributed by atoms with van der Waals surface area (Å²) >= 11 is 0. The summed E-state index contributed by atoms with van der Waals surface area (Å²) in [4.78, 5) is 57.3. The molecule has 4 aromatic rings. The molecule has 2 aromatic heterocycles. The monoisotopic (exact) mass is 715 g/mol. The minimum atomic E-state index is -1.82. The number of likely N-dealkylation sites (tertiary alicyclic amines) is 2. The van der Waals surface area contributed by atoms with E-state index in [0.717, 1.165) is 11.1 Å². The van der Waals surface area contributed by atoms with Crippen LogP contribution in [0.2, 0.25) is 0 Å². The number of benzene rings is 2. The molecule has 47 heavy (non-hydrogen) atoms. The van der Waals surface area contributed by atoms with E-state index in [-0.39, 0.29) is 55.0 Å². The Hall–Kier alpha value is -3.63. The number of piperidine rings is 2. The van der Waals surface area contributed by atoms with Crippen LogP contribution in [0, 0.1) is 10.8 Å². The van der Waals surface area contributed by atoms with Crippen LogP contribution in [0.1, 0.15) is 34.6 Å². The first-order chi connectivity index (χ1) is 21.5. The molecule has 2 saturated heterocycles. The first-order valence-electron chi connectivity index (χ1n) is 14.5. The Bertz CT molecular complexity index is 1560. The molecule has 2 aliphatic heterocycles. The number of ether oxygens (including phenoxy) is 2. The minimum Gasteiger partial charge on any atom is -1.00 e. The van der Waals surface area contributed by atoms with Crippen molar-refractivity contribution >= 4 is 17.7 Å². The predicted molar refractivity (Wildman–Crippen MR) is 162 cm³/mol. The van der Waals surface area contributed by atoms with Gasteiger partial charge in [-0.3, -0.25) is 34.2 Å². The number of carbonyl (C=O) groups is 3. The van der Waals surface area contributed by atoms with E-state index in [4.69, 9.17) is 19.4 Å². The maximum Gasteiger partial charge on any atom is 2.00 e. The fourth-order valence-electron chi connectivity index (χ4n) is 7.19. The van der Waals surface area contributed by atoms with E-state index in [1.54, 1.807) is 24.5 Å². The minimum absolute atomic E-state index is 0. The molecule has 12 heteroatoms. The molecule has 2 bridgehead atoms. The molecule has 6 rings (SSSR count). The molecule has 4 heterocycles. The van der Waals surface area contributed by atoms with Crippen molar-refractivity contribution in [1.29, 1.82) is 0 Å². The van der Waals surface area contributed by atoms with Crippen molar-refractivity contribution < 1.29 is 65.7 Å². The van der Waals surface area contributed by atoms with Gasteiger partial charge in [-0.15, -0.1) is 0 Å². The van der Waals surface area contributed by atoms with Crippen LogP contribution in [0.3, 0.4) is 0 Å². The van der Waals surface area contributed by atoms with Gasteiger partial charge in [0.2, 0.25) is 0 Å². The zero-order chi connectivity index (χ0) is 30.7. The van der Waals surface area contributed by atoms with Gasteiger partial charge < -0.3 is 34.3 Å². The first kappa shape index (κ1) is 37.8. The number of Topliss-reactive ketones (excluding diaryl/α,β-unsaturated/α-hetero) is 1. The summed E-state index contributed by atoms with van der Waals surface area (Å²) in [5.41, 5.74) is -0.687. The van der Waals surface area contributed by atoms with Gasteiger partial charge in [-0.25, -0.2) is 0 Å². The van der Waals surface area contributed by atoms with Crippen LogP contribution in [0.25, 0.3) is 0 Å². The normalized spacial score (nSPS) is 23.7. The summed E-state index contributed by atoms with van der Waals surface area (Å²) in [5.74, 6) is -1.98. The van der Waals surface area contributed by atoms with Crippen LogP contribution in [-0.4, -0.2) is 64.8 Å². The van der Waals surface area contributed by atoms with E-state index in [9.17, 15) is 9.59 Å². The molecular formula is C35H34Cl2MnN4O5. The molecule has 2 fully saturated rings. The van der Waals surface area contributed by atoms with Gasteiger partial charge in [0.05, 0.1) is 37.7 Å². The van der Waals surface area contributed by atoms with Gasteiger partial charge in [0, 0.05) is 38.6 Å². The number of carbonyl (C=O) groups excluding carboxylic acids is 3. The van der Waals surface area contributed by atoms with E-state index < -0.39 is 40.6 Å². The molecule has 245 valence electrons. The molecule has 0 aliphatic carbocycles. The molecule has 0 amide bonds. The van der Waals surface area contributed by atoms with Gasteiger partial charge in [-0.1, -0.05) is 72.8 Å². The molecule has 4 atom stereocenters. The standard InChI is InChI=1S/C35H34N4O5.2ClH.Mn/c1-43-32(41)34-23-38(21-25-13-5-3-6-14-25)24-35(31(34)40,33(42)44-2)30(28-18-10-12-20-37-28)39(22-26-15-7-4-8-16-26)29(34)27-17-9-11-19-36-27;;;/h3-20,29-30H,21-24H2,1-2H3;2*1H;/q;;;+2/p-2. The first-order valence-corrected chi connectivity index (χ1v) is 14.5. The number of methoxy groups -OCH3 is 2. The third-order valence-corrected chi connectivity index (χ3v) is 8.85. The number of halogens is 2. The number of esters is 2. The molecule has 4 unspecified atom stereocenters. The topological polar surface area (TPSA) is 102 Å². The van der Waals surface area contributed by atoms with Crippen LogP contribution >= 0.6 is 0 Å². The van der Waals surface area contributed by atoms with Crippen molar-refractivity contribution in [2.75, 3.05) is 27.3 Å². The molecule has 0 spiro atoms. The number of pyridine rings is 2.